The summed E-state index contributed by atoms with van der Waals surface area (Å²) in [6.07, 6.45) is 0.891. The molecule has 0 aliphatic carbocycles. The number of rotatable bonds is 6. The third-order valence-corrected chi connectivity index (χ3v) is 6.11. The van der Waals surface area contributed by atoms with Crippen molar-refractivity contribution in [3.8, 4) is 0 Å². The summed E-state index contributed by atoms with van der Waals surface area (Å²) in [5, 5.41) is 9.50. The molecule has 2 aromatic heterocycles. The number of carbonyl (C=O) groups excluding carboxylic acids is 1. The summed E-state index contributed by atoms with van der Waals surface area (Å²) in [6.45, 7) is 0.952. The Labute approximate surface area is 195 Å². The molecule has 2 N–H and O–H groups in total. The van der Waals surface area contributed by atoms with Crippen LogP contribution in [-0.2, 0) is 6.54 Å². The molecule has 0 radical (unpaired) electrons. The predicted octanol–water partition coefficient (Wildman–Crippen LogP) is 4.98. The Kier molecular flexibility index (Phi) is 6.47. The lowest BCUT2D eigenvalue weighted by Crippen LogP contribution is -2.36. The van der Waals surface area contributed by atoms with Gasteiger partial charge in [0.15, 0.2) is 11.7 Å². The third-order valence-electron chi connectivity index (χ3n) is 5.22. The van der Waals surface area contributed by atoms with Crippen molar-refractivity contribution in [1.82, 2.24) is 24.6 Å². The highest BCUT2D eigenvalue weighted by molar-refractivity contribution is 9.10. The van der Waals surface area contributed by atoms with Gasteiger partial charge < -0.3 is 15.2 Å². The fourth-order valence-electron chi connectivity index (χ4n) is 3.61. The molecule has 7 nitrogen and oxygen atoms in total. The molecule has 3 heterocycles. The van der Waals surface area contributed by atoms with Crippen LogP contribution in [0.1, 0.15) is 41.0 Å². The van der Waals surface area contributed by atoms with E-state index in [9.17, 15) is 18.0 Å². The number of amides is 1. The van der Waals surface area contributed by atoms with E-state index in [0.29, 0.717) is 25.1 Å². The van der Waals surface area contributed by atoms with Gasteiger partial charge in [-0.25, -0.2) is 9.67 Å². The van der Waals surface area contributed by atoms with Crippen molar-refractivity contribution in [3.05, 3.63) is 63.7 Å². The minimum Gasteiger partial charge on any atom is -0.362 e. The maximum atomic E-state index is 13.9. The molecular formula is C20H19BrClF3N6O. The fraction of sp³-hybridized carbons (Fsp3) is 0.350. The summed E-state index contributed by atoms with van der Waals surface area (Å²) in [5.41, 5.74) is 0.443. The summed E-state index contributed by atoms with van der Waals surface area (Å²) in [5.74, 6) is -0.637. The van der Waals surface area contributed by atoms with Gasteiger partial charge in [-0.3, -0.25) is 4.79 Å². The molecule has 0 bridgehead atoms. The molecule has 1 aromatic carbocycles. The first-order chi connectivity index (χ1) is 15.2. The average molecular weight is 532 g/mol. The predicted molar refractivity (Wildman–Crippen MR) is 117 cm³/mol. The Bertz CT molecular complexity index is 1080. The van der Waals surface area contributed by atoms with E-state index in [2.05, 4.69) is 36.6 Å². The summed E-state index contributed by atoms with van der Waals surface area (Å²) < 4.78 is 45.0. The molecule has 12 heteroatoms. The number of fused-ring (bicyclic) bond motifs is 1. The quantitative estimate of drug-likeness (QED) is 0.440. The highest BCUT2D eigenvalue weighted by Crippen LogP contribution is 2.46. The molecule has 0 saturated heterocycles. The summed E-state index contributed by atoms with van der Waals surface area (Å²) >= 11 is 9.65. The molecule has 1 aliphatic rings. The molecule has 3 aromatic rings. The number of aryl methyl sites for hydroxylation is 1. The van der Waals surface area contributed by atoms with E-state index < -0.39 is 24.2 Å². The van der Waals surface area contributed by atoms with E-state index in [0.717, 1.165) is 9.15 Å². The zero-order valence-electron chi connectivity index (χ0n) is 16.6. The lowest BCUT2D eigenvalue weighted by molar-refractivity contribution is -0.173. The molecule has 2 atom stereocenters. The van der Waals surface area contributed by atoms with Gasteiger partial charge in [-0.15, -0.1) is 0 Å². The molecule has 0 unspecified atom stereocenters. The van der Waals surface area contributed by atoms with Gasteiger partial charge in [0.2, 0.25) is 0 Å². The number of nitrogens with zero attached hydrogens (tertiary/aromatic N) is 4. The van der Waals surface area contributed by atoms with E-state index in [1.54, 1.807) is 43.0 Å². The van der Waals surface area contributed by atoms with Gasteiger partial charge in [0.05, 0.1) is 12.4 Å². The lowest BCUT2D eigenvalue weighted by Gasteiger charge is -2.33. The molecule has 0 spiro atoms. The van der Waals surface area contributed by atoms with Crippen LogP contribution in [0.2, 0.25) is 5.02 Å². The summed E-state index contributed by atoms with van der Waals surface area (Å²) in [6, 6.07) is 4.45. The maximum absolute atomic E-state index is 13.9. The van der Waals surface area contributed by atoms with Crippen molar-refractivity contribution in [2.75, 3.05) is 11.9 Å². The van der Waals surface area contributed by atoms with Gasteiger partial charge in [-0.2, -0.15) is 18.3 Å². The van der Waals surface area contributed by atoms with Crippen LogP contribution in [0.25, 0.3) is 0 Å². The Hall–Kier alpha value is -2.53. The van der Waals surface area contributed by atoms with E-state index >= 15 is 0 Å². The van der Waals surface area contributed by atoms with Crippen LogP contribution in [0.5, 0.6) is 0 Å². The Morgan fingerprint density at radius 2 is 2.06 bits per heavy atom. The lowest BCUT2D eigenvalue weighted by atomic mass is 9.97. The van der Waals surface area contributed by atoms with E-state index in [-0.39, 0.29) is 23.0 Å². The number of benzene rings is 1. The second kappa shape index (κ2) is 9.14. The number of nitrogens with one attached hydrogen (secondary N) is 2. The van der Waals surface area contributed by atoms with Crippen molar-refractivity contribution in [3.63, 3.8) is 0 Å². The molecule has 0 saturated carbocycles. The monoisotopic (exact) mass is 530 g/mol. The number of halogens is 5. The van der Waals surface area contributed by atoms with E-state index in [1.807, 2.05) is 4.57 Å². The third kappa shape index (κ3) is 4.78. The zero-order valence-corrected chi connectivity index (χ0v) is 19.0. The van der Waals surface area contributed by atoms with Gasteiger partial charge in [-0.05, 0) is 24.1 Å². The van der Waals surface area contributed by atoms with Crippen LogP contribution >= 0.6 is 27.5 Å². The van der Waals surface area contributed by atoms with Crippen LogP contribution in [0, 0.1) is 0 Å². The standard InChI is InChI=1S/C20H19BrClF3N6O/c21-13-4-2-12(3-5-13)14-10-15(20(23,24)25)31-18(28-14)16(22)17(29-31)19(32)27-6-1-8-30-9-7-26-11-30/h2-5,7,9,11,14-15,28H,1,6,8,10H2,(H,27,32)/t14-,15+/m0/s1. The van der Waals surface area contributed by atoms with Crippen LogP contribution in [0.3, 0.4) is 0 Å². The van der Waals surface area contributed by atoms with Gasteiger partial charge in [0, 0.05) is 36.4 Å². The van der Waals surface area contributed by atoms with Gasteiger partial charge in [-0.1, -0.05) is 39.7 Å². The van der Waals surface area contributed by atoms with Gasteiger partial charge in [0.25, 0.3) is 5.91 Å². The smallest absolute Gasteiger partial charge is 0.362 e. The summed E-state index contributed by atoms with van der Waals surface area (Å²) in [4.78, 5) is 16.5. The first-order valence-electron chi connectivity index (χ1n) is 9.84. The van der Waals surface area contributed by atoms with Gasteiger partial charge in [0.1, 0.15) is 10.8 Å². The van der Waals surface area contributed by atoms with Gasteiger partial charge >= 0.3 is 6.18 Å². The topological polar surface area (TPSA) is 76.8 Å². The van der Waals surface area contributed by atoms with Crippen LogP contribution in [0.4, 0.5) is 19.0 Å². The number of hydrogen-bond acceptors (Lipinski definition) is 4. The van der Waals surface area contributed by atoms with Crippen molar-refractivity contribution < 1.29 is 18.0 Å². The zero-order chi connectivity index (χ0) is 22.9. The second-order valence-electron chi connectivity index (χ2n) is 7.41. The molecule has 170 valence electrons. The highest BCUT2D eigenvalue weighted by Gasteiger charge is 2.47. The van der Waals surface area contributed by atoms with Crippen LogP contribution in [-0.4, -0.2) is 38.0 Å². The number of alkyl halides is 3. The number of imidazole rings is 1. The van der Waals surface area contributed by atoms with E-state index in [1.165, 1.54) is 0 Å². The Balaban J connectivity index is 1.53. The normalized spacial score (nSPS) is 18.2. The fourth-order valence-corrected chi connectivity index (χ4v) is 4.14. The van der Waals surface area contributed by atoms with Crippen molar-refractivity contribution in [2.45, 2.75) is 37.6 Å². The minimum absolute atomic E-state index is 0.0169. The number of anilines is 1. The summed E-state index contributed by atoms with van der Waals surface area (Å²) in [7, 11) is 0. The number of hydrogen-bond donors (Lipinski definition) is 2. The largest absolute Gasteiger partial charge is 0.410 e. The highest BCUT2D eigenvalue weighted by atomic mass is 79.9. The molecule has 1 amide bonds. The molecule has 0 fully saturated rings. The SMILES string of the molecule is O=C(NCCCn1ccnc1)c1nn2c(c1Cl)N[C@H](c1ccc(Br)cc1)C[C@@H]2C(F)(F)F. The van der Waals surface area contributed by atoms with Crippen LogP contribution < -0.4 is 10.6 Å². The Morgan fingerprint density at radius 1 is 1.31 bits per heavy atom. The van der Waals surface area contributed by atoms with Crippen LogP contribution in [0.15, 0.2) is 47.5 Å². The maximum Gasteiger partial charge on any atom is 0.410 e. The number of aromatic nitrogens is 4. The molecular weight excluding hydrogens is 513 g/mol. The average Bonchev–Trinajstić information content (AvgIpc) is 3.38. The van der Waals surface area contributed by atoms with Crippen molar-refractivity contribution in [2.24, 2.45) is 0 Å². The molecule has 4 rings (SSSR count). The molecule has 32 heavy (non-hydrogen) atoms. The second-order valence-corrected chi connectivity index (χ2v) is 8.70. The number of carbonyl (C=O) groups is 1. The molecule has 1 aliphatic heterocycles. The van der Waals surface area contributed by atoms with Crippen molar-refractivity contribution in [1.29, 1.82) is 0 Å². The first-order valence-corrected chi connectivity index (χ1v) is 11.0. The Morgan fingerprint density at radius 3 is 2.72 bits per heavy atom. The van der Waals surface area contributed by atoms with Crippen molar-refractivity contribution >= 4 is 39.3 Å². The minimum atomic E-state index is -4.56. The van der Waals surface area contributed by atoms with E-state index in [4.69, 9.17) is 11.6 Å². The first kappa shape index (κ1) is 22.7.